The van der Waals surface area contributed by atoms with Gasteiger partial charge in [-0.25, -0.2) is 4.98 Å². The van der Waals surface area contributed by atoms with Crippen molar-refractivity contribution in [2.24, 2.45) is 5.92 Å². The first kappa shape index (κ1) is 39.3. The van der Waals surface area contributed by atoms with Crippen molar-refractivity contribution in [2.75, 3.05) is 37.8 Å². The Hall–Kier alpha value is -4.17. The highest BCUT2D eigenvalue weighted by atomic mass is 16.5. The Balaban J connectivity index is 1.99. The second kappa shape index (κ2) is 20.4. The highest BCUT2D eigenvalue weighted by Crippen LogP contribution is 2.33. The molecule has 1 aliphatic carbocycles. The van der Waals surface area contributed by atoms with Crippen LogP contribution in [-0.2, 0) is 26.2 Å². The first-order valence-electron chi connectivity index (χ1n) is 18.0. The molecule has 1 heterocycles. The number of carbonyl (C=O) groups is 2. The van der Waals surface area contributed by atoms with Gasteiger partial charge in [-0.3, -0.25) is 9.59 Å². The third-order valence-corrected chi connectivity index (χ3v) is 8.80. The minimum Gasteiger partial charge on any atom is -0.486 e. The van der Waals surface area contributed by atoms with E-state index < -0.39 is 5.54 Å². The number of anilines is 1. The molecular weight excluding hydrogens is 612 g/mol. The van der Waals surface area contributed by atoms with E-state index in [1.54, 1.807) is 0 Å². The van der Waals surface area contributed by atoms with Gasteiger partial charge in [0.2, 0.25) is 0 Å². The summed E-state index contributed by atoms with van der Waals surface area (Å²) in [5.41, 5.74) is 4.61. The van der Waals surface area contributed by atoms with Gasteiger partial charge in [-0.15, -0.1) is 6.58 Å². The number of fused-ring (bicyclic) bond motifs is 1. The third-order valence-electron chi connectivity index (χ3n) is 8.80. The predicted molar refractivity (Wildman–Crippen MR) is 203 cm³/mol. The number of H-pyrrole nitrogens is 1. The second-order valence-electron chi connectivity index (χ2n) is 13.0. The van der Waals surface area contributed by atoms with Gasteiger partial charge in [0.1, 0.15) is 18.2 Å². The number of unbranched alkanes of at least 4 members (excludes halogenated alkanes) is 2. The van der Waals surface area contributed by atoms with E-state index in [-0.39, 0.29) is 18.4 Å². The molecule has 8 heteroatoms. The summed E-state index contributed by atoms with van der Waals surface area (Å²) in [5.74, 6) is 1.34. The molecule has 49 heavy (non-hydrogen) atoms. The standard InChI is InChI=1S/C41H58N4O4/c1-8-12-15-25-48-26-23-45(30-31(5)11-4)38-28-33(20-21-35(38)32(6)17-13-9-2)39(47)44-41(7,22-14-10-3)40-42-36-19-16-18-34(49-27-24-46)29-37(36)43-40/h11-12,15-16,18,20-21,24,28-29,31H,4,6,8-10,13-14,17,19,22-23,25-27,30H2,1-3,5,7H3,(H,42,43)(H,44,47)/b15-12+. The van der Waals surface area contributed by atoms with Crippen molar-refractivity contribution in [1.82, 2.24) is 15.3 Å². The normalized spacial score (nSPS) is 14.3. The van der Waals surface area contributed by atoms with Gasteiger partial charge in [0, 0.05) is 48.1 Å². The third kappa shape index (κ3) is 11.7. The summed E-state index contributed by atoms with van der Waals surface area (Å²) < 4.78 is 11.5. The van der Waals surface area contributed by atoms with Crippen molar-refractivity contribution in [1.29, 1.82) is 0 Å². The average molecular weight is 671 g/mol. The van der Waals surface area contributed by atoms with Gasteiger partial charge >= 0.3 is 0 Å². The minimum atomic E-state index is -0.749. The molecule has 2 N–H and O–H groups in total. The van der Waals surface area contributed by atoms with E-state index in [0.29, 0.717) is 49.7 Å². The lowest BCUT2D eigenvalue weighted by Gasteiger charge is -2.31. The van der Waals surface area contributed by atoms with Crippen LogP contribution in [0.5, 0.6) is 0 Å². The van der Waals surface area contributed by atoms with Crippen molar-refractivity contribution in [2.45, 2.75) is 91.5 Å². The fourth-order valence-corrected chi connectivity index (χ4v) is 5.80. The number of ether oxygens (including phenoxy) is 2. The Morgan fingerprint density at radius 2 is 1.98 bits per heavy atom. The first-order valence-corrected chi connectivity index (χ1v) is 18.0. The van der Waals surface area contributed by atoms with Crippen LogP contribution >= 0.6 is 0 Å². The zero-order valence-corrected chi connectivity index (χ0v) is 30.5. The maximum absolute atomic E-state index is 14.2. The number of aromatic amines is 1. The summed E-state index contributed by atoms with van der Waals surface area (Å²) in [4.78, 5) is 35.9. The van der Waals surface area contributed by atoms with E-state index in [9.17, 15) is 9.59 Å². The maximum atomic E-state index is 14.2. The van der Waals surface area contributed by atoms with E-state index in [0.717, 1.165) is 79.6 Å². The number of hydrogen-bond acceptors (Lipinski definition) is 6. The number of amides is 1. The van der Waals surface area contributed by atoms with Gasteiger partial charge < -0.3 is 24.7 Å². The molecule has 2 unspecified atom stereocenters. The predicted octanol–water partition coefficient (Wildman–Crippen LogP) is 8.73. The highest BCUT2D eigenvalue weighted by Gasteiger charge is 2.33. The van der Waals surface area contributed by atoms with Crippen LogP contribution in [0.2, 0.25) is 0 Å². The van der Waals surface area contributed by atoms with Crippen LogP contribution in [0.25, 0.3) is 11.6 Å². The molecular formula is C41H58N4O4. The lowest BCUT2D eigenvalue weighted by molar-refractivity contribution is -0.110. The molecule has 3 rings (SSSR count). The SMILES string of the molecule is C=CC(C)CN(CCOC/C=C/CC)c1cc(C(=O)NC(C)(CCCC)c2nc3c([nH]2)CC=CC(OCC=O)=C3)ccc1C(=C)CCCC. The highest BCUT2D eigenvalue weighted by molar-refractivity contribution is 5.97. The Kier molecular flexibility index (Phi) is 16.3. The smallest absolute Gasteiger partial charge is 0.252 e. The van der Waals surface area contributed by atoms with Gasteiger partial charge in [0.15, 0.2) is 6.29 Å². The van der Waals surface area contributed by atoms with Gasteiger partial charge in [0.25, 0.3) is 5.91 Å². The molecule has 2 atom stereocenters. The number of allylic oxidation sites excluding steroid dienone is 4. The van der Waals surface area contributed by atoms with Crippen LogP contribution in [0, 0.1) is 5.92 Å². The fourth-order valence-electron chi connectivity index (χ4n) is 5.80. The molecule has 0 aliphatic heterocycles. The molecule has 0 bridgehead atoms. The lowest BCUT2D eigenvalue weighted by Crippen LogP contribution is -2.44. The van der Waals surface area contributed by atoms with Gasteiger partial charge in [0.05, 0.1) is 24.4 Å². The zero-order chi connectivity index (χ0) is 35.6. The van der Waals surface area contributed by atoms with E-state index in [1.165, 1.54) is 0 Å². The lowest BCUT2D eigenvalue weighted by atomic mass is 9.92. The summed E-state index contributed by atoms with van der Waals surface area (Å²) in [6.45, 7) is 21.6. The molecule has 2 aromatic rings. The minimum absolute atomic E-state index is 0.0208. The number of aldehydes is 1. The quantitative estimate of drug-likeness (QED) is 0.0698. The Morgan fingerprint density at radius 1 is 1.18 bits per heavy atom. The molecule has 0 fully saturated rings. The number of aromatic nitrogens is 2. The molecule has 1 amide bonds. The Bertz CT molecular complexity index is 1490. The monoisotopic (exact) mass is 670 g/mol. The molecule has 8 nitrogen and oxygen atoms in total. The second-order valence-corrected chi connectivity index (χ2v) is 13.0. The van der Waals surface area contributed by atoms with E-state index >= 15 is 0 Å². The van der Waals surface area contributed by atoms with Crippen LogP contribution in [0.1, 0.15) is 113 Å². The molecule has 1 aromatic heterocycles. The number of benzene rings is 1. The van der Waals surface area contributed by atoms with E-state index in [2.05, 4.69) is 74.3 Å². The van der Waals surface area contributed by atoms with Crippen molar-refractivity contribution in [3.05, 3.63) is 95.8 Å². The van der Waals surface area contributed by atoms with Crippen molar-refractivity contribution >= 4 is 29.5 Å². The Labute approximate surface area is 294 Å². The van der Waals surface area contributed by atoms with Crippen molar-refractivity contribution in [3.63, 3.8) is 0 Å². The topological polar surface area (TPSA) is 96.6 Å². The largest absolute Gasteiger partial charge is 0.486 e. The number of hydrogen-bond donors (Lipinski definition) is 2. The average Bonchev–Trinajstić information content (AvgIpc) is 3.42. The van der Waals surface area contributed by atoms with Crippen molar-refractivity contribution in [3.8, 4) is 0 Å². The summed E-state index contributed by atoms with van der Waals surface area (Å²) in [6, 6.07) is 5.97. The van der Waals surface area contributed by atoms with Crippen LogP contribution < -0.4 is 10.2 Å². The van der Waals surface area contributed by atoms with E-state index in [4.69, 9.17) is 14.5 Å². The number of rotatable bonds is 23. The molecule has 0 spiro atoms. The summed E-state index contributed by atoms with van der Waals surface area (Å²) >= 11 is 0. The Morgan fingerprint density at radius 3 is 2.69 bits per heavy atom. The summed E-state index contributed by atoms with van der Waals surface area (Å²) in [7, 11) is 0. The van der Waals surface area contributed by atoms with Crippen LogP contribution in [0.4, 0.5) is 5.69 Å². The number of nitrogens with one attached hydrogen (secondary N) is 2. The summed E-state index contributed by atoms with van der Waals surface area (Å²) in [5, 5.41) is 3.37. The van der Waals surface area contributed by atoms with Gasteiger partial charge in [-0.2, -0.15) is 0 Å². The molecule has 266 valence electrons. The zero-order valence-electron chi connectivity index (χ0n) is 30.5. The molecule has 0 radical (unpaired) electrons. The molecule has 1 aliphatic rings. The first-order chi connectivity index (χ1) is 23.7. The van der Waals surface area contributed by atoms with Crippen LogP contribution in [0.3, 0.4) is 0 Å². The fraction of sp³-hybridized carbons (Fsp3) is 0.488. The number of imidazole rings is 1. The molecule has 1 aromatic carbocycles. The van der Waals surface area contributed by atoms with Crippen molar-refractivity contribution < 1.29 is 19.1 Å². The molecule has 0 saturated carbocycles. The van der Waals surface area contributed by atoms with Gasteiger partial charge in [-0.05, 0) is 62.3 Å². The number of carbonyl (C=O) groups excluding carboxylic acids is 2. The van der Waals surface area contributed by atoms with E-state index in [1.807, 2.05) is 43.4 Å². The maximum Gasteiger partial charge on any atom is 0.252 e. The van der Waals surface area contributed by atoms with Gasteiger partial charge in [-0.1, -0.05) is 83.9 Å². The summed E-state index contributed by atoms with van der Waals surface area (Å²) in [6.07, 6.45) is 19.8. The van der Waals surface area contributed by atoms with Crippen LogP contribution in [0.15, 0.2) is 67.5 Å². The number of nitrogens with zero attached hydrogens (tertiary/aromatic N) is 2. The molecule has 0 saturated heterocycles. The van der Waals surface area contributed by atoms with Crippen LogP contribution in [-0.4, -0.2) is 55.1 Å².